The number of anilines is 1. The van der Waals surface area contributed by atoms with Crippen LogP contribution in [0.25, 0.3) is 0 Å². The van der Waals surface area contributed by atoms with Gasteiger partial charge in [-0.2, -0.15) is 0 Å². The van der Waals surface area contributed by atoms with Crippen molar-refractivity contribution in [2.24, 2.45) is 23.7 Å². The molecule has 4 fully saturated rings. The van der Waals surface area contributed by atoms with Gasteiger partial charge in [0.15, 0.2) is 0 Å². The Morgan fingerprint density at radius 2 is 1.68 bits per heavy atom. The molecule has 2 amide bonds. The van der Waals surface area contributed by atoms with Gasteiger partial charge in [0.1, 0.15) is 5.78 Å². The fraction of sp³-hybridized carbons (Fsp3) is 0.500. The van der Waals surface area contributed by atoms with Crippen LogP contribution in [0.1, 0.15) is 31.7 Å². The fourth-order valence-electron chi connectivity index (χ4n) is 4.52. The quantitative estimate of drug-likeness (QED) is 0.787. The Morgan fingerprint density at radius 1 is 1.00 bits per heavy atom. The second kappa shape index (κ2) is 4.77. The normalized spacial score (nSPS) is 33.5. The summed E-state index contributed by atoms with van der Waals surface area (Å²) < 4.78 is 0. The average Bonchev–Trinajstić information content (AvgIpc) is 2.81. The summed E-state index contributed by atoms with van der Waals surface area (Å²) in [4.78, 5) is 39.0. The Labute approximate surface area is 129 Å². The minimum absolute atomic E-state index is 0.0684. The molecule has 1 heterocycles. The predicted octanol–water partition coefficient (Wildman–Crippen LogP) is 2.35. The van der Waals surface area contributed by atoms with Gasteiger partial charge in [0.2, 0.25) is 11.8 Å². The minimum Gasteiger partial charge on any atom is -0.299 e. The molecule has 0 radical (unpaired) electrons. The summed E-state index contributed by atoms with van der Waals surface area (Å²) in [6, 6.07) is 7.60. The van der Waals surface area contributed by atoms with Gasteiger partial charge >= 0.3 is 0 Å². The van der Waals surface area contributed by atoms with Crippen LogP contribution in [0.5, 0.6) is 0 Å². The molecule has 4 nitrogen and oxygen atoms in total. The highest BCUT2D eigenvalue weighted by Crippen LogP contribution is 2.52. The summed E-state index contributed by atoms with van der Waals surface area (Å²) in [5.41, 5.74) is 1.82. The summed E-state index contributed by atoms with van der Waals surface area (Å²) in [5.74, 6) is -0.913. The third kappa shape index (κ3) is 1.73. The number of aryl methyl sites for hydroxylation is 1. The van der Waals surface area contributed by atoms with E-state index in [1.54, 1.807) is 0 Å². The highest BCUT2D eigenvalue weighted by atomic mass is 16.2. The van der Waals surface area contributed by atoms with Gasteiger partial charge < -0.3 is 0 Å². The van der Waals surface area contributed by atoms with Crippen molar-refractivity contribution in [3.05, 3.63) is 29.8 Å². The number of carbonyl (C=O) groups is 3. The number of carbonyl (C=O) groups excluding carboxylic acids is 3. The Hall–Kier alpha value is -1.97. The van der Waals surface area contributed by atoms with E-state index in [-0.39, 0.29) is 35.4 Å². The van der Waals surface area contributed by atoms with E-state index in [4.69, 9.17) is 0 Å². The van der Waals surface area contributed by atoms with Gasteiger partial charge in [-0.3, -0.25) is 19.3 Å². The molecule has 22 heavy (non-hydrogen) atoms. The van der Waals surface area contributed by atoms with Gasteiger partial charge in [-0.25, -0.2) is 0 Å². The minimum atomic E-state index is -0.404. The van der Waals surface area contributed by atoms with Crippen LogP contribution in [0.2, 0.25) is 0 Å². The monoisotopic (exact) mass is 297 g/mol. The second-order valence-electron chi connectivity index (χ2n) is 6.70. The van der Waals surface area contributed by atoms with Gasteiger partial charge in [-0.15, -0.1) is 0 Å². The molecule has 114 valence electrons. The summed E-state index contributed by atoms with van der Waals surface area (Å²) in [6.45, 7) is 2.07. The summed E-state index contributed by atoms with van der Waals surface area (Å²) >= 11 is 0. The van der Waals surface area contributed by atoms with Crippen LogP contribution in [0.3, 0.4) is 0 Å². The lowest BCUT2D eigenvalue weighted by atomic mass is 9.59. The summed E-state index contributed by atoms with van der Waals surface area (Å²) in [6.07, 6.45) is 3.07. The van der Waals surface area contributed by atoms with E-state index in [0.29, 0.717) is 12.1 Å². The van der Waals surface area contributed by atoms with Crippen molar-refractivity contribution >= 4 is 23.3 Å². The van der Waals surface area contributed by atoms with Crippen molar-refractivity contribution in [1.82, 2.24) is 0 Å². The zero-order valence-electron chi connectivity index (χ0n) is 12.6. The van der Waals surface area contributed by atoms with Crippen molar-refractivity contribution in [2.75, 3.05) is 4.90 Å². The highest BCUT2D eigenvalue weighted by molar-refractivity contribution is 6.23. The van der Waals surface area contributed by atoms with E-state index < -0.39 is 5.92 Å². The van der Waals surface area contributed by atoms with E-state index in [0.717, 1.165) is 19.3 Å². The van der Waals surface area contributed by atoms with Crippen LogP contribution in [-0.2, 0) is 20.8 Å². The van der Waals surface area contributed by atoms with Crippen molar-refractivity contribution in [3.8, 4) is 0 Å². The molecule has 0 aromatic heterocycles. The van der Waals surface area contributed by atoms with E-state index in [1.165, 1.54) is 10.5 Å². The first-order valence-electron chi connectivity index (χ1n) is 8.11. The highest BCUT2D eigenvalue weighted by Gasteiger charge is 2.60. The smallest absolute Gasteiger partial charge is 0.238 e. The number of fused-ring (bicyclic) bond motifs is 2. The summed E-state index contributed by atoms with van der Waals surface area (Å²) in [5, 5.41) is 0. The molecule has 1 saturated heterocycles. The molecule has 0 unspecified atom stereocenters. The number of ketones is 1. The van der Waals surface area contributed by atoms with Crippen molar-refractivity contribution < 1.29 is 14.4 Å². The molecule has 4 heteroatoms. The number of nitrogens with zero attached hydrogens (tertiary/aromatic N) is 1. The summed E-state index contributed by atoms with van der Waals surface area (Å²) in [7, 11) is 0. The second-order valence-corrected chi connectivity index (χ2v) is 6.70. The lowest BCUT2D eigenvalue weighted by Crippen LogP contribution is -2.46. The van der Waals surface area contributed by atoms with E-state index in [2.05, 4.69) is 6.92 Å². The van der Waals surface area contributed by atoms with Crippen LogP contribution in [-0.4, -0.2) is 17.6 Å². The lowest BCUT2D eigenvalue weighted by molar-refractivity contribution is -0.143. The van der Waals surface area contributed by atoms with Gasteiger partial charge in [0.25, 0.3) is 0 Å². The zero-order chi connectivity index (χ0) is 15.4. The maximum Gasteiger partial charge on any atom is 0.238 e. The largest absolute Gasteiger partial charge is 0.299 e. The first-order valence-corrected chi connectivity index (χ1v) is 8.11. The van der Waals surface area contributed by atoms with Crippen LogP contribution in [0.15, 0.2) is 24.3 Å². The average molecular weight is 297 g/mol. The molecule has 3 saturated carbocycles. The van der Waals surface area contributed by atoms with Gasteiger partial charge in [0.05, 0.1) is 17.5 Å². The van der Waals surface area contributed by atoms with E-state index >= 15 is 0 Å². The first-order chi connectivity index (χ1) is 10.6. The van der Waals surface area contributed by atoms with Crippen molar-refractivity contribution in [1.29, 1.82) is 0 Å². The van der Waals surface area contributed by atoms with Crippen LogP contribution >= 0.6 is 0 Å². The molecule has 1 aromatic carbocycles. The maximum absolute atomic E-state index is 12.8. The SMILES string of the molecule is CCc1ccc(N2C(=O)[C@H]3[C@@H]4CC[C@@H](C(=O)C4)[C@H]3C2=O)cc1. The van der Waals surface area contributed by atoms with Crippen LogP contribution < -0.4 is 4.90 Å². The van der Waals surface area contributed by atoms with Crippen molar-refractivity contribution in [3.63, 3.8) is 0 Å². The fourth-order valence-corrected chi connectivity index (χ4v) is 4.52. The Balaban J connectivity index is 1.72. The maximum atomic E-state index is 12.8. The molecule has 1 aromatic rings. The lowest BCUT2D eigenvalue weighted by Gasteiger charge is -2.41. The standard InChI is InChI=1S/C18H19NO3/c1-2-10-3-6-12(7-4-10)19-17(21)15-11-5-8-13(14(20)9-11)16(15)18(19)22/h3-4,6-7,11,13,15-16H,2,5,8-9H2,1H3/t11-,13+,15+,16-/m1/s1. The first kappa shape index (κ1) is 13.7. The van der Waals surface area contributed by atoms with Gasteiger partial charge in [-0.1, -0.05) is 19.1 Å². The topological polar surface area (TPSA) is 54.5 Å². The molecule has 0 spiro atoms. The number of hydrogen-bond acceptors (Lipinski definition) is 3. The molecule has 1 aliphatic heterocycles. The Bertz CT molecular complexity index is 663. The molecule has 0 N–H and O–H groups in total. The van der Waals surface area contributed by atoms with Gasteiger partial charge in [-0.05, 0) is 42.9 Å². The molecular formula is C18H19NO3. The predicted molar refractivity (Wildman–Crippen MR) is 81.1 cm³/mol. The van der Waals surface area contributed by atoms with E-state index in [9.17, 15) is 14.4 Å². The molecule has 3 aliphatic carbocycles. The number of Topliss-reactive ketones (excluding diaryl/α,β-unsaturated/α-hetero) is 1. The third-order valence-corrected chi connectivity index (χ3v) is 5.67. The third-order valence-electron chi connectivity index (χ3n) is 5.67. The van der Waals surface area contributed by atoms with Crippen LogP contribution in [0, 0.1) is 23.7 Å². The Kier molecular flexibility index (Phi) is 2.96. The van der Waals surface area contributed by atoms with Crippen LogP contribution in [0.4, 0.5) is 5.69 Å². The molecule has 4 atom stereocenters. The Morgan fingerprint density at radius 3 is 2.32 bits per heavy atom. The number of hydrogen-bond donors (Lipinski definition) is 0. The number of imide groups is 1. The van der Waals surface area contributed by atoms with Gasteiger partial charge in [0, 0.05) is 12.3 Å². The molecule has 2 bridgehead atoms. The van der Waals surface area contributed by atoms with E-state index in [1.807, 2.05) is 24.3 Å². The number of amides is 2. The number of benzene rings is 1. The number of rotatable bonds is 2. The van der Waals surface area contributed by atoms with Crippen molar-refractivity contribution in [2.45, 2.75) is 32.6 Å². The molecule has 5 rings (SSSR count). The molecule has 4 aliphatic rings. The zero-order valence-corrected chi connectivity index (χ0v) is 12.6. The molecular weight excluding hydrogens is 278 g/mol.